The predicted octanol–water partition coefficient (Wildman–Crippen LogP) is 5.03. The number of urea groups is 1. The number of carbonyl (C=O) groups excluding carboxylic acids is 3. The molecule has 0 spiro atoms. The third-order valence-electron chi connectivity index (χ3n) is 5.96. The monoisotopic (exact) mass is 544 g/mol. The molecule has 10 nitrogen and oxygen atoms in total. The number of aromatic nitrogens is 1. The normalized spacial score (nSPS) is 11.4. The molecule has 3 aromatic rings. The summed E-state index contributed by atoms with van der Waals surface area (Å²) < 4.78 is 42.6. The van der Waals surface area contributed by atoms with Gasteiger partial charge in [0, 0.05) is 37.2 Å². The zero-order valence-corrected chi connectivity index (χ0v) is 21.8. The molecule has 1 heterocycles. The summed E-state index contributed by atoms with van der Waals surface area (Å²) in [5.74, 6) is -1.89. The third-order valence-corrected chi connectivity index (χ3v) is 5.96. The number of aryl methyl sites for hydroxylation is 1. The highest BCUT2D eigenvalue weighted by Gasteiger charge is 2.23. The van der Waals surface area contributed by atoms with Crippen LogP contribution in [0.3, 0.4) is 0 Å². The van der Waals surface area contributed by atoms with Crippen LogP contribution in [0.25, 0.3) is 11.3 Å². The first kappa shape index (κ1) is 29.1. The van der Waals surface area contributed by atoms with E-state index < -0.39 is 35.8 Å². The Bertz CT molecular complexity index is 1280. The number of carbonyl (C=O) groups is 3. The number of methoxy groups -OCH3 is 1. The van der Waals surface area contributed by atoms with E-state index in [-0.39, 0.29) is 31.0 Å². The molecule has 3 amide bonds. The van der Waals surface area contributed by atoms with Gasteiger partial charge in [-0.2, -0.15) is 0 Å². The standard InChI is InChI=1S/C27H30F2N4O6/c1-17-10-12-18(13-11-17)22-14-23(32-39-22)31-27(36)38-16-20(7-5-9-24(34)37-3)33(2)26(35)30-15-19-6-4-8-21(28)25(19)29/h4,6,8,10-14,20H,5,7,9,15-16H2,1-3H3,(H,30,35)(H,31,32,36)/t20-/m0/s1. The number of esters is 1. The Balaban J connectivity index is 1.58. The first-order valence-corrected chi connectivity index (χ1v) is 12.2. The molecule has 3 rings (SSSR count). The van der Waals surface area contributed by atoms with Crippen LogP contribution in [0.1, 0.15) is 30.4 Å². The molecule has 2 aromatic carbocycles. The van der Waals surface area contributed by atoms with Gasteiger partial charge >= 0.3 is 18.1 Å². The largest absolute Gasteiger partial charge is 0.469 e. The topological polar surface area (TPSA) is 123 Å². The van der Waals surface area contributed by atoms with Crippen LogP contribution in [0.4, 0.5) is 24.2 Å². The van der Waals surface area contributed by atoms with Gasteiger partial charge in [-0.05, 0) is 25.8 Å². The number of hydrogen-bond donors (Lipinski definition) is 2. The summed E-state index contributed by atoms with van der Waals surface area (Å²) in [4.78, 5) is 37.9. The molecule has 2 N–H and O–H groups in total. The fraction of sp³-hybridized carbons (Fsp3) is 0.333. The quantitative estimate of drug-likeness (QED) is 0.325. The maximum atomic E-state index is 13.9. The Hall–Kier alpha value is -4.48. The number of amides is 3. The Morgan fingerprint density at radius 1 is 1.13 bits per heavy atom. The minimum Gasteiger partial charge on any atom is -0.469 e. The fourth-order valence-electron chi connectivity index (χ4n) is 3.62. The van der Waals surface area contributed by atoms with Crippen molar-refractivity contribution in [3.63, 3.8) is 0 Å². The number of hydrogen-bond acceptors (Lipinski definition) is 7. The van der Waals surface area contributed by atoms with Crippen molar-refractivity contribution in [2.24, 2.45) is 0 Å². The maximum Gasteiger partial charge on any atom is 0.412 e. The number of ether oxygens (including phenoxy) is 2. The maximum absolute atomic E-state index is 13.9. The van der Waals surface area contributed by atoms with Gasteiger partial charge < -0.3 is 24.2 Å². The molecule has 0 saturated heterocycles. The lowest BCUT2D eigenvalue weighted by Gasteiger charge is -2.28. The van der Waals surface area contributed by atoms with Crippen molar-refractivity contribution >= 4 is 23.9 Å². The van der Waals surface area contributed by atoms with Crippen LogP contribution in [0, 0.1) is 18.6 Å². The SMILES string of the molecule is COC(=O)CCC[C@@H](COC(=O)Nc1cc(-c2ccc(C)cc2)on1)N(C)C(=O)NCc1cccc(F)c1F. The molecule has 1 aromatic heterocycles. The van der Waals surface area contributed by atoms with Crippen LogP contribution < -0.4 is 10.6 Å². The molecule has 1 atom stereocenters. The second-order valence-corrected chi connectivity index (χ2v) is 8.77. The smallest absolute Gasteiger partial charge is 0.412 e. The van der Waals surface area contributed by atoms with E-state index in [0.29, 0.717) is 18.6 Å². The molecular weight excluding hydrogens is 514 g/mol. The van der Waals surface area contributed by atoms with Gasteiger partial charge in [0.1, 0.15) is 6.61 Å². The Morgan fingerprint density at radius 2 is 1.87 bits per heavy atom. The lowest BCUT2D eigenvalue weighted by molar-refractivity contribution is -0.140. The Morgan fingerprint density at radius 3 is 2.59 bits per heavy atom. The van der Waals surface area contributed by atoms with Crippen molar-refractivity contribution in [3.05, 3.63) is 71.3 Å². The van der Waals surface area contributed by atoms with Gasteiger partial charge in [0.25, 0.3) is 0 Å². The van der Waals surface area contributed by atoms with Crippen molar-refractivity contribution in [2.45, 2.75) is 38.8 Å². The second kappa shape index (κ2) is 13.9. The molecule has 0 radical (unpaired) electrons. The number of nitrogens with zero attached hydrogens (tertiary/aromatic N) is 2. The van der Waals surface area contributed by atoms with Crippen LogP contribution in [0.5, 0.6) is 0 Å². The van der Waals surface area contributed by atoms with E-state index in [0.717, 1.165) is 17.2 Å². The minimum absolute atomic E-state index is 0.0211. The lowest BCUT2D eigenvalue weighted by Crippen LogP contribution is -2.46. The second-order valence-electron chi connectivity index (χ2n) is 8.77. The summed E-state index contributed by atoms with van der Waals surface area (Å²) >= 11 is 0. The van der Waals surface area contributed by atoms with E-state index in [2.05, 4.69) is 20.5 Å². The molecule has 0 aliphatic carbocycles. The van der Waals surface area contributed by atoms with Gasteiger partial charge in [-0.1, -0.05) is 47.1 Å². The molecule has 0 aliphatic heterocycles. The predicted molar refractivity (Wildman–Crippen MR) is 138 cm³/mol. The molecule has 39 heavy (non-hydrogen) atoms. The number of nitrogens with one attached hydrogen (secondary N) is 2. The summed E-state index contributed by atoms with van der Waals surface area (Å²) in [6, 6.07) is 11.5. The van der Waals surface area contributed by atoms with Crippen molar-refractivity contribution in [1.82, 2.24) is 15.4 Å². The summed E-state index contributed by atoms with van der Waals surface area (Å²) in [7, 11) is 2.74. The minimum atomic E-state index is -1.05. The molecule has 12 heteroatoms. The van der Waals surface area contributed by atoms with E-state index in [1.165, 1.54) is 31.2 Å². The van der Waals surface area contributed by atoms with Gasteiger partial charge in [0.05, 0.1) is 13.2 Å². The van der Waals surface area contributed by atoms with Gasteiger partial charge in [-0.3, -0.25) is 10.1 Å². The molecule has 0 saturated carbocycles. The van der Waals surface area contributed by atoms with E-state index in [9.17, 15) is 23.2 Å². The first-order chi connectivity index (χ1) is 18.7. The lowest BCUT2D eigenvalue weighted by atomic mass is 10.1. The number of benzene rings is 2. The number of rotatable bonds is 11. The highest BCUT2D eigenvalue weighted by atomic mass is 19.2. The van der Waals surface area contributed by atoms with Crippen molar-refractivity contribution < 1.29 is 37.2 Å². The van der Waals surface area contributed by atoms with E-state index in [4.69, 9.17) is 9.26 Å². The van der Waals surface area contributed by atoms with Crippen molar-refractivity contribution in [2.75, 3.05) is 26.1 Å². The highest BCUT2D eigenvalue weighted by Crippen LogP contribution is 2.23. The highest BCUT2D eigenvalue weighted by molar-refractivity contribution is 5.84. The van der Waals surface area contributed by atoms with Gasteiger partial charge in [0.2, 0.25) is 0 Å². The van der Waals surface area contributed by atoms with Crippen LogP contribution in [0.2, 0.25) is 0 Å². The molecule has 0 unspecified atom stereocenters. The summed E-state index contributed by atoms with van der Waals surface area (Å²) in [6.07, 6.45) is -0.0828. The third kappa shape index (κ3) is 8.52. The number of likely N-dealkylation sites (N-methyl/N-ethyl adjacent to an activating group) is 1. The Labute approximate surface area is 224 Å². The van der Waals surface area contributed by atoms with E-state index in [1.807, 2.05) is 31.2 Å². The van der Waals surface area contributed by atoms with Crippen LogP contribution >= 0.6 is 0 Å². The van der Waals surface area contributed by atoms with Crippen LogP contribution in [-0.2, 0) is 20.8 Å². The molecule has 0 aliphatic rings. The Kier molecular flexibility index (Phi) is 10.4. The van der Waals surface area contributed by atoms with Crippen molar-refractivity contribution in [3.8, 4) is 11.3 Å². The summed E-state index contributed by atoms with van der Waals surface area (Å²) in [6.45, 7) is 1.49. The average molecular weight is 545 g/mol. The molecule has 0 fully saturated rings. The van der Waals surface area contributed by atoms with E-state index in [1.54, 1.807) is 6.07 Å². The van der Waals surface area contributed by atoms with Gasteiger partial charge in [-0.25, -0.2) is 18.4 Å². The number of anilines is 1. The number of halogens is 2. The zero-order chi connectivity index (χ0) is 28.4. The van der Waals surface area contributed by atoms with Crippen LogP contribution in [0.15, 0.2) is 53.1 Å². The first-order valence-electron chi connectivity index (χ1n) is 12.2. The summed E-state index contributed by atoms with van der Waals surface area (Å²) in [5, 5.41) is 8.81. The van der Waals surface area contributed by atoms with E-state index >= 15 is 0 Å². The van der Waals surface area contributed by atoms with Gasteiger partial charge in [0.15, 0.2) is 23.2 Å². The fourth-order valence-corrected chi connectivity index (χ4v) is 3.62. The molecule has 0 bridgehead atoms. The summed E-state index contributed by atoms with van der Waals surface area (Å²) in [5.41, 5.74) is 1.85. The molecular formula is C27H30F2N4O6. The van der Waals surface area contributed by atoms with Gasteiger partial charge in [-0.15, -0.1) is 0 Å². The zero-order valence-electron chi connectivity index (χ0n) is 21.8. The average Bonchev–Trinajstić information content (AvgIpc) is 3.39. The van der Waals surface area contributed by atoms with Crippen molar-refractivity contribution in [1.29, 1.82) is 0 Å². The van der Waals surface area contributed by atoms with Crippen LogP contribution in [-0.4, -0.2) is 55.0 Å². The molecule has 208 valence electrons.